The molecule has 1 saturated heterocycles. The summed E-state index contributed by atoms with van der Waals surface area (Å²) in [6.07, 6.45) is 2.14. The van der Waals surface area contributed by atoms with Gasteiger partial charge in [-0.05, 0) is 0 Å². The van der Waals surface area contributed by atoms with Crippen molar-refractivity contribution in [2.75, 3.05) is 18.0 Å². The van der Waals surface area contributed by atoms with Crippen LogP contribution in [0.2, 0.25) is 0 Å². The van der Waals surface area contributed by atoms with Crippen LogP contribution in [0, 0.1) is 5.92 Å². The number of nitrogens with zero attached hydrogens (tertiary/aromatic N) is 1. The van der Waals surface area contributed by atoms with Crippen molar-refractivity contribution < 1.29 is 26.3 Å². The summed E-state index contributed by atoms with van der Waals surface area (Å²) in [4.78, 5) is 13.0. The van der Waals surface area contributed by atoms with E-state index in [2.05, 4.69) is 8.04 Å². The van der Waals surface area contributed by atoms with Gasteiger partial charge in [0.15, 0.2) is 0 Å². The van der Waals surface area contributed by atoms with Gasteiger partial charge in [-0.1, -0.05) is 0 Å². The first-order valence-corrected chi connectivity index (χ1v) is 6.90. The number of rotatable bonds is 2. The summed E-state index contributed by atoms with van der Waals surface area (Å²) >= 11 is 0.159. The molecular weight excluding hydrogens is 255 g/mol. The predicted octanol–water partition coefficient (Wildman–Crippen LogP) is -3.18. The minimum absolute atomic E-state index is 0.118. The summed E-state index contributed by atoms with van der Waals surface area (Å²) in [6, 6.07) is 0. The van der Waals surface area contributed by atoms with E-state index in [1.807, 2.05) is 0 Å². The summed E-state index contributed by atoms with van der Waals surface area (Å²) in [5.41, 5.74) is 5.23. The Labute approximate surface area is 77.9 Å². The molecule has 1 heterocycles. The summed E-state index contributed by atoms with van der Waals surface area (Å²) in [5, 5.41) is 0. The average molecular weight is 269 g/mol. The van der Waals surface area contributed by atoms with Gasteiger partial charge in [0.05, 0.1) is 0 Å². The molecule has 1 aliphatic heterocycles. The van der Waals surface area contributed by atoms with Crippen LogP contribution in [0.4, 0.5) is 0 Å². The van der Waals surface area contributed by atoms with E-state index in [-0.39, 0.29) is 33.3 Å². The van der Waals surface area contributed by atoms with Crippen molar-refractivity contribution in [3.8, 4) is 0 Å². The Bertz CT molecular complexity index is 151. The number of hydrogen-bond donors (Lipinski definition) is 1. The zero-order chi connectivity index (χ0) is 8.27. The molecule has 0 aromatic carbocycles. The number of halogens is 1. The summed E-state index contributed by atoms with van der Waals surface area (Å²) in [7, 11) is 0. The van der Waals surface area contributed by atoms with Gasteiger partial charge in [-0.3, -0.25) is 0 Å². The normalized spacial score (nSPS) is 27.2. The molecule has 3 nitrogen and oxygen atoms in total. The van der Waals surface area contributed by atoms with E-state index in [0.29, 0.717) is 0 Å². The maximum atomic E-state index is 10.8. The Morgan fingerprint density at radius 2 is 2.45 bits per heavy atom. The molecular formula is C7H14IN2O-. The SMILES string of the molecule is C[I-]N1CCCC(C(N)=O)C1. The molecule has 66 valence electrons. The zero-order valence-electron chi connectivity index (χ0n) is 6.72. The quantitative estimate of drug-likeness (QED) is 0.326. The molecule has 0 bridgehead atoms. The van der Waals surface area contributed by atoms with Crippen LogP contribution in [0.1, 0.15) is 12.8 Å². The van der Waals surface area contributed by atoms with E-state index in [1.54, 1.807) is 0 Å². The Kier molecular flexibility index (Phi) is 3.58. The van der Waals surface area contributed by atoms with E-state index < -0.39 is 0 Å². The Morgan fingerprint density at radius 3 is 3.00 bits per heavy atom. The van der Waals surface area contributed by atoms with Crippen molar-refractivity contribution in [2.24, 2.45) is 11.7 Å². The molecule has 4 heteroatoms. The van der Waals surface area contributed by atoms with Gasteiger partial charge >= 0.3 is 77.8 Å². The van der Waals surface area contributed by atoms with Gasteiger partial charge in [0.2, 0.25) is 0 Å². The molecule has 0 radical (unpaired) electrons. The fraction of sp³-hybridized carbons (Fsp3) is 0.857. The maximum absolute atomic E-state index is 10.8. The Morgan fingerprint density at radius 1 is 1.73 bits per heavy atom. The first kappa shape index (κ1) is 9.25. The van der Waals surface area contributed by atoms with Gasteiger partial charge in [0.1, 0.15) is 0 Å². The summed E-state index contributed by atoms with van der Waals surface area (Å²) in [5.74, 6) is 0.00978. The Hall–Kier alpha value is 0.160. The average Bonchev–Trinajstić information content (AvgIpc) is 2.05. The van der Waals surface area contributed by atoms with Crippen molar-refractivity contribution in [1.29, 1.82) is 0 Å². The van der Waals surface area contributed by atoms with Gasteiger partial charge in [0.25, 0.3) is 0 Å². The van der Waals surface area contributed by atoms with E-state index in [9.17, 15) is 4.79 Å². The molecule has 1 fully saturated rings. The fourth-order valence-electron chi connectivity index (χ4n) is 1.32. The van der Waals surface area contributed by atoms with Gasteiger partial charge in [-0.25, -0.2) is 0 Å². The standard InChI is InChI=1S/C7H14IN2O/c1-8-10-4-2-3-6(5-10)7(9)11/h6H,2-5H2,1H3,(H2,9,11)/q-1. The summed E-state index contributed by atoms with van der Waals surface area (Å²) in [6.45, 7) is 2.09. The topological polar surface area (TPSA) is 46.3 Å². The van der Waals surface area contributed by atoms with E-state index in [1.165, 1.54) is 6.54 Å². The molecule has 0 saturated carbocycles. The van der Waals surface area contributed by atoms with Crippen LogP contribution in [0.5, 0.6) is 0 Å². The van der Waals surface area contributed by atoms with E-state index >= 15 is 0 Å². The number of nitrogens with two attached hydrogens (primary N) is 1. The molecule has 1 amide bonds. The number of carbonyl (C=O) groups excluding carboxylic acids is 1. The first-order chi connectivity index (χ1) is 5.24. The van der Waals surface area contributed by atoms with Crippen LogP contribution >= 0.6 is 0 Å². The molecule has 1 atom stereocenters. The fourth-order valence-corrected chi connectivity index (χ4v) is 3.01. The number of primary amides is 1. The first-order valence-electron chi connectivity index (χ1n) is 3.78. The third kappa shape index (κ3) is 2.59. The Balaban J connectivity index is 2.39. The van der Waals surface area contributed by atoms with Crippen molar-refractivity contribution in [1.82, 2.24) is 3.11 Å². The number of hydrogen-bond acceptors (Lipinski definition) is 2. The van der Waals surface area contributed by atoms with Gasteiger partial charge in [-0.15, -0.1) is 0 Å². The predicted molar refractivity (Wildman–Crippen MR) is 39.4 cm³/mol. The van der Waals surface area contributed by atoms with Crippen molar-refractivity contribution in [3.05, 3.63) is 0 Å². The molecule has 0 aliphatic carbocycles. The molecule has 0 spiro atoms. The van der Waals surface area contributed by atoms with Crippen molar-refractivity contribution in [2.45, 2.75) is 12.8 Å². The van der Waals surface area contributed by atoms with Crippen LogP contribution in [0.3, 0.4) is 0 Å². The van der Waals surface area contributed by atoms with Crippen LogP contribution in [0.25, 0.3) is 0 Å². The minimum atomic E-state index is -0.118. The van der Waals surface area contributed by atoms with Crippen molar-refractivity contribution in [3.63, 3.8) is 0 Å². The molecule has 1 unspecified atom stereocenters. The van der Waals surface area contributed by atoms with Gasteiger partial charge < -0.3 is 0 Å². The van der Waals surface area contributed by atoms with Crippen LogP contribution in [-0.4, -0.2) is 27.0 Å². The molecule has 2 N–H and O–H groups in total. The third-order valence-electron chi connectivity index (χ3n) is 2.01. The van der Waals surface area contributed by atoms with E-state index in [4.69, 9.17) is 5.73 Å². The molecule has 0 aromatic heterocycles. The summed E-state index contributed by atoms with van der Waals surface area (Å²) < 4.78 is 2.39. The third-order valence-corrected chi connectivity index (χ3v) is 4.25. The number of carbonyl (C=O) groups is 1. The molecule has 1 aliphatic rings. The van der Waals surface area contributed by atoms with Crippen LogP contribution < -0.4 is 27.2 Å². The van der Waals surface area contributed by atoms with Crippen LogP contribution in [-0.2, 0) is 4.79 Å². The number of alkyl halides is 1. The van der Waals surface area contributed by atoms with E-state index in [0.717, 1.165) is 19.4 Å². The number of amides is 1. The second-order valence-electron chi connectivity index (χ2n) is 2.78. The number of piperidine rings is 1. The molecule has 0 aromatic rings. The zero-order valence-corrected chi connectivity index (χ0v) is 8.87. The van der Waals surface area contributed by atoms with Gasteiger partial charge in [-0.2, -0.15) is 0 Å². The van der Waals surface area contributed by atoms with Gasteiger partial charge in [0, 0.05) is 0 Å². The van der Waals surface area contributed by atoms with Crippen molar-refractivity contribution >= 4 is 5.91 Å². The second kappa shape index (κ2) is 4.25. The second-order valence-corrected chi connectivity index (χ2v) is 5.11. The monoisotopic (exact) mass is 269 g/mol. The van der Waals surface area contributed by atoms with Crippen LogP contribution in [0.15, 0.2) is 0 Å². The molecule has 11 heavy (non-hydrogen) atoms. The molecule has 1 rings (SSSR count).